The molecule has 0 radical (unpaired) electrons. The van der Waals surface area contributed by atoms with Crippen molar-refractivity contribution in [1.82, 2.24) is 15.0 Å². The Bertz CT molecular complexity index is 1170. The van der Waals surface area contributed by atoms with Gasteiger partial charge in [-0.05, 0) is 36.4 Å². The number of amides is 1. The molecule has 1 amide bonds. The van der Waals surface area contributed by atoms with Crippen molar-refractivity contribution in [3.63, 3.8) is 0 Å². The third kappa shape index (κ3) is 4.22. The summed E-state index contributed by atoms with van der Waals surface area (Å²) in [5.74, 6) is -0.216. The zero-order valence-corrected chi connectivity index (χ0v) is 16.0. The van der Waals surface area contributed by atoms with E-state index in [1.807, 2.05) is 0 Å². The average Bonchev–Trinajstić information content (AvgIpc) is 2.73. The SMILES string of the molecule is COc1cccnc1-c1cnc(C(=O)Nc2ccc(S(=O)(=O)C(F)(F)F)cc2)cn1. The molecule has 0 aliphatic carbocycles. The van der Waals surface area contributed by atoms with Gasteiger partial charge in [0.25, 0.3) is 15.7 Å². The van der Waals surface area contributed by atoms with Crippen molar-refractivity contribution in [3.8, 4) is 17.1 Å². The van der Waals surface area contributed by atoms with Crippen LogP contribution in [0.15, 0.2) is 59.9 Å². The lowest BCUT2D eigenvalue weighted by atomic mass is 10.2. The Morgan fingerprint density at radius 2 is 1.73 bits per heavy atom. The second-order valence-electron chi connectivity index (χ2n) is 5.77. The van der Waals surface area contributed by atoms with Crippen LogP contribution in [0.5, 0.6) is 5.75 Å². The molecule has 8 nitrogen and oxygen atoms in total. The Kier molecular flexibility index (Phi) is 5.69. The van der Waals surface area contributed by atoms with Crippen LogP contribution in [-0.2, 0) is 9.84 Å². The molecular weight excluding hydrogens is 425 g/mol. The molecular formula is C18H13F3N4O4S. The minimum Gasteiger partial charge on any atom is -0.494 e. The lowest BCUT2D eigenvalue weighted by Gasteiger charge is -2.09. The Balaban J connectivity index is 1.75. The van der Waals surface area contributed by atoms with Crippen LogP contribution in [0.25, 0.3) is 11.4 Å². The van der Waals surface area contributed by atoms with E-state index in [1.54, 1.807) is 18.3 Å². The van der Waals surface area contributed by atoms with Gasteiger partial charge >= 0.3 is 5.51 Å². The number of aromatic nitrogens is 3. The van der Waals surface area contributed by atoms with Gasteiger partial charge < -0.3 is 10.1 Å². The maximum absolute atomic E-state index is 12.6. The number of nitrogens with zero attached hydrogens (tertiary/aromatic N) is 3. The number of hydrogen-bond donors (Lipinski definition) is 1. The second-order valence-corrected chi connectivity index (χ2v) is 7.71. The van der Waals surface area contributed by atoms with Gasteiger partial charge in [0.15, 0.2) is 0 Å². The Morgan fingerprint density at radius 3 is 2.30 bits per heavy atom. The summed E-state index contributed by atoms with van der Waals surface area (Å²) in [7, 11) is -3.99. The quantitative estimate of drug-likeness (QED) is 0.652. The number of benzene rings is 1. The van der Waals surface area contributed by atoms with Gasteiger partial charge in [-0.3, -0.25) is 14.8 Å². The first-order chi connectivity index (χ1) is 14.1. The summed E-state index contributed by atoms with van der Waals surface area (Å²) in [4.78, 5) is 23.6. The molecule has 1 aromatic carbocycles. The fourth-order valence-electron chi connectivity index (χ4n) is 2.36. The van der Waals surface area contributed by atoms with E-state index in [9.17, 15) is 26.4 Å². The molecule has 3 aromatic rings. The number of carbonyl (C=O) groups is 1. The molecule has 0 aliphatic heterocycles. The highest BCUT2D eigenvalue weighted by Gasteiger charge is 2.46. The van der Waals surface area contributed by atoms with Crippen LogP contribution in [-0.4, -0.2) is 41.9 Å². The summed E-state index contributed by atoms with van der Waals surface area (Å²) in [6, 6.07) is 6.95. The van der Waals surface area contributed by atoms with Gasteiger partial charge in [0.1, 0.15) is 22.8 Å². The first kappa shape index (κ1) is 21.2. The number of anilines is 1. The number of pyridine rings is 1. The highest BCUT2D eigenvalue weighted by Crippen LogP contribution is 2.30. The average molecular weight is 438 g/mol. The van der Waals surface area contributed by atoms with E-state index in [-0.39, 0.29) is 11.4 Å². The smallest absolute Gasteiger partial charge is 0.494 e. The molecule has 30 heavy (non-hydrogen) atoms. The van der Waals surface area contributed by atoms with Crippen molar-refractivity contribution in [3.05, 3.63) is 60.7 Å². The molecule has 0 unspecified atom stereocenters. The first-order valence-electron chi connectivity index (χ1n) is 8.17. The van der Waals surface area contributed by atoms with Gasteiger partial charge in [-0.25, -0.2) is 13.4 Å². The van der Waals surface area contributed by atoms with E-state index in [2.05, 4.69) is 20.3 Å². The Hall–Kier alpha value is -3.54. The molecule has 2 aromatic heterocycles. The van der Waals surface area contributed by atoms with E-state index in [4.69, 9.17) is 4.74 Å². The largest absolute Gasteiger partial charge is 0.501 e. The molecule has 3 rings (SSSR count). The van der Waals surface area contributed by atoms with Crippen LogP contribution in [0.3, 0.4) is 0 Å². The summed E-state index contributed by atoms with van der Waals surface area (Å²) in [6.07, 6.45) is 4.06. The zero-order valence-electron chi connectivity index (χ0n) is 15.2. The molecule has 2 heterocycles. The molecule has 12 heteroatoms. The van der Waals surface area contributed by atoms with Gasteiger partial charge in [0.05, 0.1) is 24.4 Å². The maximum Gasteiger partial charge on any atom is 0.501 e. The fourth-order valence-corrected chi connectivity index (χ4v) is 3.12. The molecule has 156 valence electrons. The minimum atomic E-state index is -5.46. The lowest BCUT2D eigenvalue weighted by molar-refractivity contribution is -0.0436. The number of halogens is 3. The summed E-state index contributed by atoms with van der Waals surface area (Å²) in [5.41, 5.74) is -4.60. The van der Waals surface area contributed by atoms with Gasteiger partial charge in [0, 0.05) is 11.9 Å². The van der Waals surface area contributed by atoms with Crippen molar-refractivity contribution in [2.45, 2.75) is 10.4 Å². The van der Waals surface area contributed by atoms with Crippen molar-refractivity contribution in [2.24, 2.45) is 0 Å². The Labute approximate surface area is 168 Å². The molecule has 0 saturated heterocycles. The first-order valence-corrected chi connectivity index (χ1v) is 9.66. The highest BCUT2D eigenvalue weighted by molar-refractivity contribution is 7.92. The summed E-state index contributed by atoms with van der Waals surface area (Å²) >= 11 is 0. The number of alkyl halides is 3. The van der Waals surface area contributed by atoms with Crippen LogP contribution >= 0.6 is 0 Å². The van der Waals surface area contributed by atoms with Crippen LogP contribution in [0.2, 0.25) is 0 Å². The number of rotatable bonds is 5. The van der Waals surface area contributed by atoms with Crippen molar-refractivity contribution in [1.29, 1.82) is 0 Å². The fraction of sp³-hybridized carbons (Fsp3) is 0.111. The van der Waals surface area contributed by atoms with Crippen LogP contribution in [0, 0.1) is 0 Å². The molecule has 0 spiro atoms. The zero-order chi connectivity index (χ0) is 21.9. The summed E-state index contributed by atoms with van der Waals surface area (Å²) in [5, 5.41) is 2.40. The van der Waals surface area contributed by atoms with E-state index < -0.39 is 26.1 Å². The molecule has 1 N–H and O–H groups in total. The van der Waals surface area contributed by atoms with Crippen molar-refractivity contribution < 1.29 is 31.1 Å². The molecule has 0 saturated carbocycles. The maximum atomic E-state index is 12.6. The molecule has 0 fully saturated rings. The number of methoxy groups -OCH3 is 1. The summed E-state index contributed by atoms with van der Waals surface area (Å²) < 4.78 is 65.6. The number of sulfone groups is 1. The van der Waals surface area contributed by atoms with Crippen molar-refractivity contribution in [2.75, 3.05) is 12.4 Å². The van der Waals surface area contributed by atoms with Gasteiger partial charge in [-0.2, -0.15) is 13.2 Å². The predicted molar refractivity (Wildman–Crippen MR) is 99.5 cm³/mol. The van der Waals surface area contributed by atoms with Gasteiger partial charge in [-0.15, -0.1) is 0 Å². The van der Waals surface area contributed by atoms with Crippen molar-refractivity contribution >= 4 is 21.4 Å². The molecule has 0 aliphatic rings. The predicted octanol–water partition coefficient (Wildman–Crippen LogP) is 3.09. The lowest BCUT2D eigenvalue weighted by Crippen LogP contribution is -2.23. The van der Waals surface area contributed by atoms with Gasteiger partial charge in [-0.1, -0.05) is 0 Å². The number of nitrogens with one attached hydrogen (secondary N) is 1. The minimum absolute atomic E-state index is 0.0689. The van der Waals surface area contributed by atoms with E-state index in [0.717, 1.165) is 24.3 Å². The normalized spacial score (nSPS) is 11.7. The van der Waals surface area contributed by atoms with Crippen LogP contribution in [0.4, 0.5) is 18.9 Å². The highest BCUT2D eigenvalue weighted by atomic mass is 32.2. The molecule has 0 atom stereocenters. The number of carbonyl (C=O) groups excluding carboxylic acids is 1. The third-order valence-electron chi connectivity index (χ3n) is 3.84. The number of ether oxygens (including phenoxy) is 1. The van der Waals surface area contributed by atoms with Crippen LogP contribution in [0.1, 0.15) is 10.5 Å². The standard InChI is InChI=1S/C18H13F3N4O4S/c1-29-15-3-2-8-22-16(15)13-9-24-14(10-23-13)17(26)25-11-4-6-12(7-5-11)30(27,28)18(19,20)21/h2-10H,1H3,(H,25,26). The van der Waals surface area contributed by atoms with E-state index in [0.29, 0.717) is 17.1 Å². The van der Waals surface area contributed by atoms with Gasteiger partial charge in [0.2, 0.25) is 0 Å². The summed E-state index contributed by atoms with van der Waals surface area (Å²) in [6.45, 7) is 0. The topological polar surface area (TPSA) is 111 Å². The number of hydrogen-bond acceptors (Lipinski definition) is 7. The van der Waals surface area contributed by atoms with E-state index >= 15 is 0 Å². The Morgan fingerprint density at radius 1 is 1.03 bits per heavy atom. The molecule has 0 bridgehead atoms. The second kappa shape index (κ2) is 8.06. The monoisotopic (exact) mass is 438 g/mol. The van der Waals surface area contributed by atoms with E-state index in [1.165, 1.54) is 19.5 Å². The van der Waals surface area contributed by atoms with Crippen LogP contribution < -0.4 is 10.1 Å². The third-order valence-corrected chi connectivity index (χ3v) is 5.35.